The van der Waals surface area contributed by atoms with Crippen molar-refractivity contribution in [3.05, 3.63) is 0 Å². The van der Waals surface area contributed by atoms with Crippen LogP contribution in [-0.2, 0) is 28.1 Å². The molecule has 1 saturated heterocycles. The zero-order valence-electron chi connectivity index (χ0n) is 47.2. The van der Waals surface area contributed by atoms with Crippen molar-refractivity contribution in [2.75, 3.05) is 51.4 Å². The van der Waals surface area contributed by atoms with Gasteiger partial charge in [0.25, 0.3) is 0 Å². The molecule has 0 aromatic heterocycles. The molecule has 0 spiro atoms. The zero-order valence-corrected chi connectivity index (χ0v) is 50.6. The highest BCUT2D eigenvalue weighted by Gasteiger charge is 2.41. The van der Waals surface area contributed by atoms with Gasteiger partial charge in [0.1, 0.15) is 0 Å². The number of rotatable bonds is 35. The molecule has 0 aromatic carbocycles. The van der Waals surface area contributed by atoms with Gasteiger partial charge in [-0.1, -0.05) is 23.5 Å². The van der Waals surface area contributed by atoms with Gasteiger partial charge in [0.05, 0.1) is 13.2 Å². The number of hydrogen-bond donors (Lipinski definition) is 0. The molecule has 16 heteroatoms. The number of likely N-dealkylation sites (tertiary alicyclic amines) is 1. The maximum Gasteiger partial charge on any atom is 0.191 e. The first-order valence-corrected chi connectivity index (χ1v) is 30.4. The summed E-state index contributed by atoms with van der Waals surface area (Å²) in [5, 5.41) is 0.442. The normalized spacial score (nSPS) is 17.6. The lowest BCUT2D eigenvalue weighted by molar-refractivity contribution is -0.113. The minimum Gasteiger partial charge on any atom is -0.354 e. The van der Waals surface area contributed by atoms with Crippen LogP contribution in [0.15, 0.2) is 0 Å². The van der Waals surface area contributed by atoms with Gasteiger partial charge in [-0.15, -0.1) is 0 Å². The summed E-state index contributed by atoms with van der Waals surface area (Å²) in [5.74, 6) is 1.24. The molecule has 0 amide bonds. The maximum absolute atomic E-state index is 13.2. The fraction of sp³-hybridized carbons (Fsp3) is 0.961. The molecule has 0 saturated carbocycles. The van der Waals surface area contributed by atoms with E-state index in [9.17, 15) is 9.59 Å². The van der Waals surface area contributed by atoms with Crippen LogP contribution in [0.4, 0.5) is 0 Å². The quantitative estimate of drug-likeness (QED) is 0.0343. The molecule has 3 unspecified atom stereocenters. The van der Waals surface area contributed by atoms with Crippen molar-refractivity contribution in [2.24, 2.45) is 0 Å². The lowest BCUT2D eigenvalue weighted by Gasteiger charge is -2.53. The molecule has 1 fully saturated rings. The van der Waals surface area contributed by atoms with Gasteiger partial charge in [-0.25, -0.2) is 18.7 Å². The maximum atomic E-state index is 13.2. The van der Waals surface area contributed by atoms with Gasteiger partial charge in [-0.3, -0.25) is 19.4 Å². The van der Waals surface area contributed by atoms with E-state index < -0.39 is 16.9 Å². The highest BCUT2D eigenvalue weighted by atomic mass is 32.2. The van der Waals surface area contributed by atoms with Crippen LogP contribution in [0.3, 0.4) is 0 Å². The molecule has 1 aliphatic heterocycles. The Hall–Kier alpha value is 0.500. The lowest BCUT2D eigenvalue weighted by atomic mass is 9.80. The standard InChI is InChI=1S/C51H106N6O6P2S2/c1-38(2)52(30-26-48(58)66-34-32-60-36-62-64(54(39(3)4)40(5)6)55(41(7)8)42(9)10)46(17)24-25-47(18)57(45(15)16)65(56(43(11)12)44(13)14)63-37-61-33-35-67-49(59)27-31-53-50(19,20)28-23-29-51(53,21)22/h38-47H,23-37H2,1-22H3. The van der Waals surface area contributed by atoms with Crippen LogP contribution in [-0.4, -0.2) is 162 Å². The van der Waals surface area contributed by atoms with Gasteiger partial charge >= 0.3 is 0 Å². The van der Waals surface area contributed by atoms with Crippen LogP contribution in [0.5, 0.6) is 0 Å². The van der Waals surface area contributed by atoms with Crippen molar-refractivity contribution in [3.8, 4) is 0 Å². The second-order valence-electron chi connectivity index (χ2n) is 22.2. The zero-order chi connectivity index (χ0) is 51.4. The Kier molecular flexibility index (Phi) is 31.9. The van der Waals surface area contributed by atoms with Crippen molar-refractivity contribution >= 4 is 50.7 Å². The summed E-state index contributed by atoms with van der Waals surface area (Å²) in [6.45, 7) is 52.7. The van der Waals surface area contributed by atoms with E-state index in [1.807, 2.05) is 0 Å². The first kappa shape index (κ1) is 65.5. The molecule has 398 valence electrons. The summed E-state index contributed by atoms with van der Waals surface area (Å²) >= 11 is 2.76. The van der Waals surface area contributed by atoms with E-state index in [-0.39, 0.29) is 59.1 Å². The third-order valence-corrected chi connectivity index (χ3v) is 20.5. The molecule has 1 heterocycles. The Morgan fingerprint density at radius 2 is 0.881 bits per heavy atom. The topological polar surface area (TPSA) is 90.5 Å². The molecule has 0 aromatic rings. The number of nitrogens with zero attached hydrogens (tertiary/aromatic N) is 6. The predicted molar refractivity (Wildman–Crippen MR) is 294 cm³/mol. The minimum atomic E-state index is -1.14. The molecule has 1 rings (SSSR count). The van der Waals surface area contributed by atoms with E-state index in [1.54, 1.807) is 0 Å². The molecule has 0 N–H and O–H groups in total. The Balaban J connectivity index is 2.77. The van der Waals surface area contributed by atoms with Crippen LogP contribution in [0, 0.1) is 0 Å². The van der Waals surface area contributed by atoms with Crippen molar-refractivity contribution in [2.45, 2.75) is 269 Å². The SMILES string of the molecule is CC(C)N(CCC(=O)SCCOCOP(N(C(C)C)C(C)C)N(C(C)C)C(C)C)C(C)CCC(C)N(C(C)C)P(OCOCCSC(=O)CCN1C(C)(C)CCCC1(C)C)N(C(C)C)C(C)C. The Labute approximate surface area is 425 Å². The summed E-state index contributed by atoms with van der Waals surface area (Å²) in [7, 11) is -2.14. The first-order chi connectivity index (χ1) is 31.1. The molecule has 0 aliphatic carbocycles. The monoisotopic (exact) mass is 1020 g/mol. The van der Waals surface area contributed by atoms with Crippen molar-refractivity contribution < 1.29 is 28.1 Å². The number of hydrogen-bond acceptors (Lipinski definition) is 14. The van der Waals surface area contributed by atoms with Crippen LogP contribution in [0.1, 0.15) is 197 Å². The van der Waals surface area contributed by atoms with E-state index >= 15 is 0 Å². The second kappa shape index (κ2) is 32.6. The van der Waals surface area contributed by atoms with Gasteiger partial charge in [0.2, 0.25) is 0 Å². The molecule has 0 bridgehead atoms. The summed E-state index contributed by atoms with van der Waals surface area (Å²) in [5.41, 5.74) is 0.238. The Morgan fingerprint density at radius 3 is 1.25 bits per heavy atom. The molecular formula is C51H106N6O6P2S2. The van der Waals surface area contributed by atoms with Gasteiger partial charge < -0.3 is 18.5 Å². The Bertz CT molecular complexity index is 1300. The number of thioether (sulfide) groups is 2. The van der Waals surface area contributed by atoms with E-state index in [0.29, 0.717) is 73.8 Å². The predicted octanol–water partition coefficient (Wildman–Crippen LogP) is 13.1. The first-order valence-electron chi connectivity index (χ1n) is 26.1. The summed E-state index contributed by atoms with van der Waals surface area (Å²) in [4.78, 5) is 31.2. The molecule has 0 radical (unpaired) electrons. The van der Waals surface area contributed by atoms with Gasteiger partial charge in [0, 0.05) is 109 Å². The third kappa shape index (κ3) is 23.1. The highest BCUT2D eigenvalue weighted by Crippen LogP contribution is 2.52. The summed E-state index contributed by atoms with van der Waals surface area (Å²) < 4.78 is 35.3. The van der Waals surface area contributed by atoms with Crippen molar-refractivity contribution in [1.29, 1.82) is 0 Å². The average Bonchev–Trinajstić information content (AvgIpc) is 3.17. The fourth-order valence-corrected chi connectivity index (χ4v) is 15.9. The van der Waals surface area contributed by atoms with Crippen LogP contribution in [0.2, 0.25) is 0 Å². The van der Waals surface area contributed by atoms with Gasteiger partial charge in [-0.2, -0.15) is 0 Å². The average molecular weight is 1030 g/mol. The lowest BCUT2D eigenvalue weighted by Crippen LogP contribution is -2.58. The largest absolute Gasteiger partial charge is 0.354 e. The summed E-state index contributed by atoms with van der Waals surface area (Å²) in [6.07, 6.45) is 6.68. The van der Waals surface area contributed by atoms with E-state index in [1.165, 1.54) is 42.8 Å². The summed E-state index contributed by atoms with van der Waals surface area (Å²) in [6, 6.07) is 3.12. The van der Waals surface area contributed by atoms with E-state index in [0.717, 1.165) is 25.9 Å². The van der Waals surface area contributed by atoms with Crippen molar-refractivity contribution in [3.63, 3.8) is 0 Å². The van der Waals surface area contributed by atoms with Crippen LogP contribution < -0.4 is 0 Å². The molecule has 12 nitrogen and oxygen atoms in total. The van der Waals surface area contributed by atoms with E-state index in [4.69, 9.17) is 18.5 Å². The number of piperidine rings is 1. The van der Waals surface area contributed by atoms with Crippen molar-refractivity contribution in [1.82, 2.24) is 28.5 Å². The second-order valence-corrected chi connectivity index (χ2v) is 27.8. The number of carbonyl (C=O) groups excluding carboxylic acids is 2. The van der Waals surface area contributed by atoms with Crippen LogP contribution in [0.25, 0.3) is 0 Å². The molecular weight excluding hydrogens is 919 g/mol. The van der Waals surface area contributed by atoms with Gasteiger partial charge in [0.15, 0.2) is 40.7 Å². The highest BCUT2D eigenvalue weighted by molar-refractivity contribution is 8.13. The molecule has 67 heavy (non-hydrogen) atoms. The number of carbonyl (C=O) groups is 2. The molecule has 1 aliphatic rings. The van der Waals surface area contributed by atoms with Gasteiger partial charge in [-0.05, 0) is 184 Å². The fourth-order valence-electron chi connectivity index (χ4n) is 10.1. The minimum absolute atomic E-state index is 0.119. The van der Waals surface area contributed by atoms with E-state index in [2.05, 4.69) is 181 Å². The molecule has 3 atom stereocenters. The third-order valence-electron chi connectivity index (χ3n) is 12.8. The number of ether oxygens (including phenoxy) is 2. The smallest absolute Gasteiger partial charge is 0.191 e. The Morgan fingerprint density at radius 1 is 0.522 bits per heavy atom. The van der Waals surface area contributed by atoms with Crippen LogP contribution >= 0.6 is 40.4 Å².